The maximum absolute atomic E-state index is 10.7. The van der Waals surface area contributed by atoms with E-state index in [1.807, 2.05) is 0 Å². The first-order valence-corrected chi connectivity index (χ1v) is 4.96. The number of non-ortho nitro benzene ring substituents is 1. The van der Waals surface area contributed by atoms with E-state index in [0.29, 0.717) is 11.4 Å². The summed E-state index contributed by atoms with van der Waals surface area (Å²) in [6.45, 7) is 0. The maximum atomic E-state index is 10.7. The first-order valence-electron chi connectivity index (χ1n) is 4.96. The minimum absolute atomic E-state index is 0.0103. The molecule has 0 amide bonds. The Morgan fingerprint density at radius 2 is 2.25 bits per heavy atom. The van der Waals surface area contributed by atoms with Crippen molar-refractivity contribution in [2.75, 3.05) is 12.4 Å². The lowest BCUT2D eigenvalue weighted by Crippen LogP contribution is -2.13. The second kappa shape index (κ2) is 3.97. The summed E-state index contributed by atoms with van der Waals surface area (Å²) in [5.41, 5.74) is 6.34. The normalized spacial score (nSPS) is 22.6. The second-order valence-electron chi connectivity index (χ2n) is 3.83. The fourth-order valence-electron chi connectivity index (χ4n) is 1.48. The first kappa shape index (κ1) is 10.7. The minimum atomic E-state index is -0.444. The predicted molar refractivity (Wildman–Crippen MR) is 59.7 cm³/mol. The van der Waals surface area contributed by atoms with E-state index in [1.54, 1.807) is 6.07 Å². The average molecular weight is 223 g/mol. The van der Waals surface area contributed by atoms with Crippen molar-refractivity contribution in [1.29, 1.82) is 0 Å². The van der Waals surface area contributed by atoms with Gasteiger partial charge in [-0.25, -0.2) is 0 Å². The van der Waals surface area contributed by atoms with E-state index in [-0.39, 0.29) is 17.8 Å². The highest BCUT2D eigenvalue weighted by molar-refractivity contribution is 5.57. The Morgan fingerprint density at radius 3 is 2.75 bits per heavy atom. The van der Waals surface area contributed by atoms with Gasteiger partial charge >= 0.3 is 0 Å². The Labute approximate surface area is 92.5 Å². The highest BCUT2D eigenvalue weighted by atomic mass is 16.6. The van der Waals surface area contributed by atoms with Crippen molar-refractivity contribution in [2.45, 2.75) is 18.5 Å². The Balaban J connectivity index is 2.22. The van der Waals surface area contributed by atoms with Crippen LogP contribution >= 0.6 is 0 Å². The van der Waals surface area contributed by atoms with Crippen LogP contribution in [0.2, 0.25) is 0 Å². The van der Waals surface area contributed by atoms with Gasteiger partial charge in [0.25, 0.3) is 5.69 Å². The molecule has 0 saturated heterocycles. The van der Waals surface area contributed by atoms with Crippen LogP contribution < -0.4 is 15.8 Å². The molecule has 0 radical (unpaired) electrons. The minimum Gasteiger partial charge on any atom is -0.496 e. The van der Waals surface area contributed by atoms with Gasteiger partial charge < -0.3 is 15.8 Å². The van der Waals surface area contributed by atoms with Gasteiger partial charge in [-0.15, -0.1) is 0 Å². The third-order valence-corrected chi connectivity index (χ3v) is 2.53. The molecule has 2 atom stereocenters. The van der Waals surface area contributed by atoms with Gasteiger partial charge in [0.15, 0.2) is 0 Å². The molecule has 1 aliphatic carbocycles. The van der Waals surface area contributed by atoms with Crippen LogP contribution in [-0.4, -0.2) is 24.1 Å². The number of nitro benzene ring substituents is 1. The number of nitrogens with two attached hydrogens (primary N) is 1. The molecule has 1 aromatic carbocycles. The average Bonchev–Trinajstić information content (AvgIpc) is 2.93. The van der Waals surface area contributed by atoms with Gasteiger partial charge in [-0.3, -0.25) is 10.1 Å². The van der Waals surface area contributed by atoms with Crippen molar-refractivity contribution in [3.05, 3.63) is 28.3 Å². The van der Waals surface area contributed by atoms with Crippen LogP contribution in [0.5, 0.6) is 5.75 Å². The standard InChI is InChI=1S/C10H13N3O3/c1-16-8-3-6(12-10-5-9(10)11)2-7(4-8)13(14)15/h2-4,9-10,12H,5,11H2,1H3. The van der Waals surface area contributed by atoms with Gasteiger partial charge in [-0.2, -0.15) is 0 Å². The number of rotatable bonds is 4. The zero-order chi connectivity index (χ0) is 11.7. The van der Waals surface area contributed by atoms with Gasteiger partial charge in [0.1, 0.15) is 5.75 Å². The molecule has 86 valence electrons. The Kier molecular flexibility index (Phi) is 2.66. The molecule has 1 saturated carbocycles. The molecule has 0 spiro atoms. The van der Waals surface area contributed by atoms with Crippen LogP contribution in [-0.2, 0) is 0 Å². The highest BCUT2D eigenvalue weighted by Crippen LogP contribution is 2.29. The molecule has 2 unspecified atom stereocenters. The van der Waals surface area contributed by atoms with Crippen molar-refractivity contribution in [3.8, 4) is 5.75 Å². The van der Waals surface area contributed by atoms with Gasteiger partial charge in [-0.05, 0) is 6.42 Å². The molecule has 2 rings (SSSR count). The van der Waals surface area contributed by atoms with Crippen LogP contribution in [0, 0.1) is 10.1 Å². The van der Waals surface area contributed by atoms with E-state index >= 15 is 0 Å². The Bertz CT molecular complexity index is 422. The molecule has 0 heterocycles. The van der Waals surface area contributed by atoms with Crippen molar-refractivity contribution < 1.29 is 9.66 Å². The summed E-state index contributed by atoms with van der Waals surface area (Å²) < 4.78 is 5.00. The maximum Gasteiger partial charge on any atom is 0.275 e. The van der Waals surface area contributed by atoms with E-state index < -0.39 is 4.92 Å². The predicted octanol–water partition coefficient (Wildman–Crippen LogP) is 1.11. The number of ether oxygens (including phenoxy) is 1. The number of nitro groups is 1. The summed E-state index contributed by atoms with van der Waals surface area (Å²) in [5.74, 6) is 0.464. The van der Waals surface area contributed by atoms with E-state index in [1.165, 1.54) is 19.2 Å². The molecule has 0 aliphatic heterocycles. The van der Waals surface area contributed by atoms with Crippen LogP contribution in [0.25, 0.3) is 0 Å². The van der Waals surface area contributed by atoms with Crippen molar-refractivity contribution in [3.63, 3.8) is 0 Å². The van der Waals surface area contributed by atoms with Crippen LogP contribution in [0.3, 0.4) is 0 Å². The molecule has 0 aromatic heterocycles. The van der Waals surface area contributed by atoms with Gasteiger partial charge in [0.05, 0.1) is 18.1 Å². The Morgan fingerprint density at radius 1 is 1.56 bits per heavy atom. The van der Waals surface area contributed by atoms with Crippen molar-refractivity contribution in [1.82, 2.24) is 0 Å². The molecule has 1 fully saturated rings. The topological polar surface area (TPSA) is 90.4 Å². The van der Waals surface area contributed by atoms with Crippen LogP contribution in [0.15, 0.2) is 18.2 Å². The van der Waals surface area contributed by atoms with Crippen LogP contribution in [0.4, 0.5) is 11.4 Å². The first-order chi connectivity index (χ1) is 7.60. The van der Waals surface area contributed by atoms with Crippen LogP contribution in [0.1, 0.15) is 6.42 Å². The summed E-state index contributed by atoms with van der Waals surface area (Å²) >= 11 is 0. The fraction of sp³-hybridized carbons (Fsp3) is 0.400. The molecule has 6 heteroatoms. The lowest BCUT2D eigenvalue weighted by Gasteiger charge is -2.07. The number of anilines is 1. The fourth-order valence-corrected chi connectivity index (χ4v) is 1.48. The quantitative estimate of drug-likeness (QED) is 0.589. The molecule has 16 heavy (non-hydrogen) atoms. The zero-order valence-corrected chi connectivity index (χ0v) is 8.84. The third kappa shape index (κ3) is 2.22. The van der Waals surface area contributed by atoms with E-state index in [2.05, 4.69) is 5.32 Å². The van der Waals surface area contributed by atoms with E-state index in [0.717, 1.165) is 6.42 Å². The second-order valence-corrected chi connectivity index (χ2v) is 3.83. The van der Waals surface area contributed by atoms with E-state index in [4.69, 9.17) is 10.5 Å². The summed E-state index contributed by atoms with van der Waals surface area (Å²) in [6.07, 6.45) is 0.894. The van der Waals surface area contributed by atoms with E-state index in [9.17, 15) is 10.1 Å². The number of methoxy groups -OCH3 is 1. The highest BCUT2D eigenvalue weighted by Gasteiger charge is 2.33. The molecular weight excluding hydrogens is 210 g/mol. The smallest absolute Gasteiger partial charge is 0.275 e. The van der Waals surface area contributed by atoms with Crippen molar-refractivity contribution >= 4 is 11.4 Å². The number of nitrogens with one attached hydrogen (secondary N) is 1. The number of hydrogen-bond donors (Lipinski definition) is 2. The third-order valence-electron chi connectivity index (χ3n) is 2.53. The summed E-state index contributed by atoms with van der Waals surface area (Å²) in [7, 11) is 1.48. The van der Waals surface area contributed by atoms with Gasteiger partial charge in [0, 0.05) is 29.9 Å². The largest absolute Gasteiger partial charge is 0.496 e. The zero-order valence-electron chi connectivity index (χ0n) is 8.84. The monoisotopic (exact) mass is 223 g/mol. The summed E-state index contributed by atoms with van der Waals surface area (Å²) in [5, 5.41) is 13.8. The number of hydrogen-bond acceptors (Lipinski definition) is 5. The Hall–Kier alpha value is -1.82. The molecular formula is C10H13N3O3. The SMILES string of the molecule is COc1cc(NC2CC2N)cc([N+](=O)[O-])c1. The molecule has 6 nitrogen and oxygen atoms in total. The van der Waals surface area contributed by atoms with Gasteiger partial charge in [-0.1, -0.05) is 0 Å². The lowest BCUT2D eigenvalue weighted by molar-refractivity contribution is -0.384. The molecule has 3 N–H and O–H groups in total. The summed E-state index contributed by atoms with van der Waals surface area (Å²) in [6, 6.07) is 4.95. The summed E-state index contributed by atoms with van der Waals surface area (Å²) in [4.78, 5) is 10.2. The number of benzene rings is 1. The van der Waals surface area contributed by atoms with Crippen molar-refractivity contribution in [2.24, 2.45) is 5.73 Å². The van der Waals surface area contributed by atoms with Gasteiger partial charge in [0.2, 0.25) is 0 Å². The number of nitrogens with zero attached hydrogens (tertiary/aromatic N) is 1. The molecule has 1 aliphatic rings. The molecule has 1 aromatic rings. The lowest BCUT2D eigenvalue weighted by atomic mass is 10.2. The molecule has 0 bridgehead atoms.